The summed E-state index contributed by atoms with van der Waals surface area (Å²) in [7, 11) is 3.52. The van der Waals surface area contributed by atoms with Crippen LogP contribution in [0.4, 0.5) is 0 Å². The van der Waals surface area contributed by atoms with Crippen LogP contribution in [0.25, 0.3) is 0 Å². The molecule has 1 aromatic carbocycles. The highest BCUT2D eigenvalue weighted by molar-refractivity contribution is 9.10. The van der Waals surface area contributed by atoms with Crippen LogP contribution >= 0.6 is 15.9 Å². The first kappa shape index (κ1) is 17.3. The number of hydrogen-bond acceptors (Lipinski definition) is 4. The van der Waals surface area contributed by atoms with E-state index in [0.717, 1.165) is 34.1 Å². The van der Waals surface area contributed by atoms with Crippen molar-refractivity contribution in [1.82, 2.24) is 25.4 Å². The van der Waals surface area contributed by atoms with Crippen molar-refractivity contribution in [3.05, 3.63) is 40.4 Å². The van der Waals surface area contributed by atoms with Crippen LogP contribution in [0.3, 0.4) is 0 Å². The summed E-state index contributed by atoms with van der Waals surface area (Å²) in [5.74, 6) is 2.38. The summed E-state index contributed by atoms with van der Waals surface area (Å²) in [6, 6.07) is 5.88. The predicted octanol–water partition coefficient (Wildman–Crippen LogP) is 1.84. The standard InChI is InChI=1S/C15H21BrN6O/c1-4-17-15(19-9-14-20-10-21-22(14)2)18-8-11-7-12(16)5-6-13(11)23-3/h5-7,10H,4,8-9H2,1-3H3,(H2,17,18,19). The van der Waals surface area contributed by atoms with Crippen molar-refractivity contribution in [3.63, 3.8) is 0 Å². The number of nitrogens with zero attached hydrogens (tertiary/aromatic N) is 4. The Morgan fingerprint density at radius 1 is 1.39 bits per heavy atom. The average molecular weight is 381 g/mol. The van der Waals surface area contributed by atoms with Gasteiger partial charge < -0.3 is 15.4 Å². The Morgan fingerprint density at radius 3 is 2.87 bits per heavy atom. The minimum Gasteiger partial charge on any atom is -0.496 e. The second-order valence-electron chi connectivity index (χ2n) is 4.80. The Balaban J connectivity index is 2.06. The highest BCUT2D eigenvalue weighted by Gasteiger charge is 2.05. The molecule has 7 nitrogen and oxygen atoms in total. The van der Waals surface area contributed by atoms with Crippen molar-refractivity contribution in [2.75, 3.05) is 13.7 Å². The molecule has 0 aliphatic rings. The number of halogens is 1. The summed E-state index contributed by atoms with van der Waals surface area (Å²) in [4.78, 5) is 8.78. The van der Waals surface area contributed by atoms with E-state index in [-0.39, 0.29) is 0 Å². The second-order valence-corrected chi connectivity index (χ2v) is 5.72. The largest absolute Gasteiger partial charge is 0.496 e. The Hall–Kier alpha value is -2.09. The van der Waals surface area contributed by atoms with E-state index in [1.54, 1.807) is 11.8 Å². The van der Waals surface area contributed by atoms with Gasteiger partial charge in [0, 0.05) is 23.6 Å². The summed E-state index contributed by atoms with van der Waals surface area (Å²) >= 11 is 3.47. The zero-order valence-electron chi connectivity index (χ0n) is 13.5. The second kappa shape index (κ2) is 8.52. The maximum Gasteiger partial charge on any atom is 0.191 e. The Morgan fingerprint density at radius 2 is 2.22 bits per heavy atom. The molecule has 0 radical (unpaired) electrons. The molecular formula is C15H21BrN6O. The monoisotopic (exact) mass is 380 g/mol. The van der Waals surface area contributed by atoms with E-state index >= 15 is 0 Å². The van der Waals surface area contributed by atoms with Gasteiger partial charge in [0.25, 0.3) is 0 Å². The van der Waals surface area contributed by atoms with E-state index in [9.17, 15) is 0 Å². The van der Waals surface area contributed by atoms with Crippen molar-refractivity contribution < 1.29 is 4.74 Å². The van der Waals surface area contributed by atoms with Crippen molar-refractivity contribution in [3.8, 4) is 5.75 Å². The summed E-state index contributed by atoms with van der Waals surface area (Å²) in [5, 5.41) is 10.5. The number of aliphatic imine (C=N–C) groups is 1. The summed E-state index contributed by atoms with van der Waals surface area (Å²) < 4.78 is 8.11. The first-order chi connectivity index (χ1) is 11.1. The lowest BCUT2D eigenvalue weighted by Crippen LogP contribution is -2.37. The van der Waals surface area contributed by atoms with Crippen molar-refractivity contribution in [2.24, 2.45) is 12.0 Å². The fraction of sp³-hybridized carbons (Fsp3) is 0.400. The van der Waals surface area contributed by atoms with Gasteiger partial charge in [-0.1, -0.05) is 15.9 Å². The van der Waals surface area contributed by atoms with Gasteiger partial charge in [0.05, 0.1) is 20.2 Å². The quantitative estimate of drug-likeness (QED) is 0.590. The lowest BCUT2D eigenvalue weighted by Gasteiger charge is -2.12. The summed E-state index contributed by atoms with van der Waals surface area (Å²) in [6.45, 7) is 3.87. The first-order valence-electron chi connectivity index (χ1n) is 7.31. The third kappa shape index (κ3) is 4.95. The molecular weight excluding hydrogens is 360 g/mol. The van der Waals surface area contributed by atoms with E-state index in [2.05, 4.69) is 41.6 Å². The van der Waals surface area contributed by atoms with Gasteiger partial charge in [-0.3, -0.25) is 4.68 Å². The molecule has 2 rings (SSSR count). The van der Waals surface area contributed by atoms with E-state index < -0.39 is 0 Å². The predicted molar refractivity (Wildman–Crippen MR) is 93.4 cm³/mol. The molecule has 1 aromatic heterocycles. The molecule has 1 heterocycles. The van der Waals surface area contributed by atoms with Gasteiger partial charge in [0.2, 0.25) is 0 Å². The van der Waals surface area contributed by atoms with E-state index in [0.29, 0.717) is 13.1 Å². The number of hydrogen-bond donors (Lipinski definition) is 2. The van der Waals surface area contributed by atoms with E-state index in [4.69, 9.17) is 4.74 Å². The van der Waals surface area contributed by atoms with Crippen LogP contribution in [0.15, 0.2) is 34.0 Å². The molecule has 0 aliphatic carbocycles. The molecule has 23 heavy (non-hydrogen) atoms. The Bertz CT molecular complexity index is 670. The van der Waals surface area contributed by atoms with Crippen LogP contribution in [-0.4, -0.2) is 34.4 Å². The first-order valence-corrected chi connectivity index (χ1v) is 8.10. The molecule has 0 unspecified atom stereocenters. The minimum atomic E-state index is 0.511. The number of guanidine groups is 1. The fourth-order valence-electron chi connectivity index (χ4n) is 2.02. The molecule has 0 bridgehead atoms. The number of methoxy groups -OCH3 is 1. The number of ether oxygens (including phenoxy) is 1. The van der Waals surface area contributed by atoms with Gasteiger partial charge in [0.1, 0.15) is 17.9 Å². The lowest BCUT2D eigenvalue weighted by atomic mass is 10.2. The zero-order chi connectivity index (χ0) is 16.7. The van der Waals surface area contributed by atoms with Gasteiger partial charge in [0.15, 0.2) is 5.96 Å². The summed E-state index contributed by atoms with van der Waals surface area (Å²) in [6.07, 6.45) is 1.54. The number of aryl methyl sites for hydroxylation is 1. The SMILES string of the molecule is CCNC(=NCc1cc(Br)ccc1OC)NCc1ncnn1C. The fourth-order valence-corrected chi connectivity index (χ4v) is 2.43. The van der Waals surface area contributed by atoms with Crippen molar-refractivity contribution in [1.29, 1.82) is 0 Å². The van der Waals surface area contributed by atoms with Gasteiger partial charge >= 0.3 is 0 Å². The maximum absolute atomic E-state index is 5.37. The molecule has 0 amide bonds. The van der Waals surface area contributed by atoms with Crippen molar-refractivity contribution in [2.45, 2.75) is 20.0 Å². The topological polar surface area (TPSA) is 76.4 Å². The highest BCUT2D eigenvalue weighted by atomic mass is 79.9. The van der Waals surface area contributed by atoms with Gasteiger partial charge in [-0.15, -0.1) is 0 Å². The highest BCUT2D eigenvalue weighted by Crippen LogP contribution is 2.23. The van der Waals surface area contributed by atoms with Crippen LogP contribution in [0.2, 0.25) is 0 Å². The smallest absolute Gasteiger partial charge is 0.191 e. The number of rotatable bonds is 6. The van der Waals surface area contributed by atoms with Gasteiger partial charge in [-0.25, -0.2) is 9.98 Å². The number of aromatic nitrogens is 3. The molecule has 2 N–H and O–H groups in total. The van der Waals surface area contributed by atoms with Crippen LogP contribution in [0.1, 0.15) is 18.3 Å². The summed E-state index contributed by atoms with van der Waals surface area (Å²) in [5.41, 5.74) is 1.01. The molecule has 0 spiro atoms. The average Bonchev–Trinajstić information content (AvgIpc) is 2.95. The van der Waals surface area contributed by atoms with Crippen LogP contribution in [0, 0.1) is 0 Å². The minimum absolute atomic E-state index is 0.511. The van der Waals surface area contributed by atoms with Crippen LogP contribution in [0.5, 0.6) is 5.75 Å². The molecule has 0 saturated carbocycles. The Kier molecular flexibility index (Phi) is 6.40. The van der Waals surface area contributed by atoms with Gasteiger partial charge in [-0.05, 0) is 25.1 Å². The molecule has 2 aromatic rings. The normalized spacial score (nSPS) is 11.4. The zero-order valence-corrected chi connectivity index (χ0v) is 15.1. The van der Waals surface area contributed by atoms with Gasteiger partial charge in [-0.2, -0.15) is 5.10 Å². The molecule has 8 heteroatoms. The van der Waals surface area contributed by atoms with Crippen LogP contribution in [-0.2, 0) is 20.1 Å². The van der Waals surface area contributed by atoms with E-state index in [1.807, 2.05) is 32.2 Å². The number of benzene rings is 1. The number of nitrogens with one attached hydrogen (secondary N) is 2. The lowest BCUT2D eigenvalue weighted by molar-refractivity contribution is 0.409. The molecule has 124 valence electrons. The van der Waals surface area contributed by atoms with Crippen LogP contribution < -0.4 is 15.4 Å². The van der Waals surface area contributed by atoms with E-state index in [1.165, 1.54) is 6.33 Å². The molecule has 0 aliphatic heterocycles. The molecule has 0 fully saturated rings. The third-order valence-corrected chi connectivity index (χ3v) is 3.71. The maximum atomic E-state index is 5.37. The Labute approximate surface area is 144 Å². The van der Waals surface area contributed by atoms with Crippen molar-refractivity contribution >= 4 is 21.9 Å². The molecule has 0 atom stereocenters. The third-order valence-electron chi connectivity index (χ3n) is 3.21. The molecule has 0 saturated heterocycles.